The predicted octanol–water partition coefficient (Wildman–Crippen LogP) is 5.67. The number of aromatic hydroxyl groups is 1. The fourth-order valence-electron chi connectivity index (χ4n) is 5.49. The lowest BCUT2D eigenvalue weighted by Gasteiger charge is -2.22. The zero-order valence-corrected chi connectivity index (χ0v) is 23.6. The summed E-state index contributed by atoms with van der Waals surface area (Å²) in [6.07, 6.45) is 14.9. The van der Waals surface area contributed by atoms with E-state index in [-0.39, 0.29) is 30.9 Å². The number of unbranched alkanes of at least 4 members (excludes halogenated alkanes) is 2. The Morgan fingerprint density at radius 3 is 2.90 bits per heavy atom. The number of aliphatic hydroxyl groups excluding tert-OH is 1. The molecule has 0 fully saturated rings. The highest BCUT2D eigenvalue weighted by Crippen LogP contribution is 2.30. The van der Waals surface area contributed by atoms with E-state index < -0.39 is 6.10 Å². The standard InChI is InChI=1S/C33H40N4O4/c1-2-3-4-7-25(38)17-26(39)11-9-22-10-12-31(40)32(15-22)41-21-37-19-29-24(18-36-30(29)20-37)16-23-6-5-8-28-27(23)13-14-35-33(28)34/h5-6,8,10,12-15,18-20,25,33,35-36,38,40H,2-4,7,9,11,16-17,21,34H2,1H3/t25-,33-/m1/s1. The second-order valence-corrected chi connectivity index (χ2v) is 11.0. The van der Waals surface area contributed by atoms with Gasteiger partial charge in [0.1, 0.15) is 11.9 Å². The number of benzene rings is 2. The van der Waals surface area contributed by atoms with Crippen LogP contribution in [-0.2, 0) is 24.4 Å². The molecule has 3 heterocycles. The number of hydrogen-bond acceptors (Lipinski definition) is 6. The summed E-state index contributed by atoms with van der Waals surface area (Å²) in [4.78, 5) is 15.7. The van der Waals surface area contributed by atoms with E-state index in [0.717, 1.165) is 53.3 Å². The lowest BCUT2D eigenvalue weighted by Crippen LogP contribution is -2.27. The summed E-state index contributed by atoms with van der Waals surface area (Å²) in [5.41, 5.74) is 12.8. The number of aromatic amines is 1. The number of aliphatic hydroxyl groups is 1. The van der Waals surface area contributed by atoms with Gasteiger partial charge in [0, 0.05) is 43.2 Å². The summed E-state index contributed by atoms with van der Waals surface area (Å²) in [6, 6.07) is 11.4. The van der Waals surface area contributed by atoms with Crippen molar-refractivity contribution >= 4 is 22.8 Å². The highest BCUT2D eigenvalue weighted by atomic mass is 16.5. The third-order valence-electron chi connectivity index (χ3n) is 7.79. The number of carbonyl (C=O) groups excluding carboxylic acids is 1. The molecule has 2 aromatic carbocycles. The van der Waals surface area contributed by atoms with Gasteiger partial charge in [0.05, 0.1) is 11.6 Å². The fraction of sp³-hybridized carbons (Fsp3) is 0.364. The molecular weight excluding hydrogens is 516 g/mol. The molecule has 0 amide bonds. The minimum absolute atomic E-state index is 0.0503. The highest BCUT2D eigenvalue weighted by Gasteiger charge is 2.17. The zero-order chi connectivity index (χ0) is 28.8. The van der Waals surface area contributed by atoms with Gasteiger partial charge in [0.25, 0.3) is 0 Å². The van der Waals surface area contributed by atoms with Crippen LogP contribution in [0, 0.1) is 0 Å². The second kappa shape index (κ2) is 13.1. The van der Waals surface area contributed by atoms with Gasteiger partial charge in [0.15, 0.2) is 18.2 Å². The maximum absolute atomic E-state index is 12.4. The molecule has 4 aromatic rings. The average Bonchev–Trinajstić information content (AvgIpc) is 3.54. The van der Waals surface area contributed by atoms with Gasteiger partial charge in [-0.2, -0.15) is 0 Å². The summed E-state index contributed by atoms with van der Waals surface area (Å²) in [6.45, 7) is 2.35. The van der Waals surface area contributed by atoms with Crippen molar-refractivity contribution in [2.24, 2.45) is 5.73 Å². The molecule has 0 spiro atoms. The van der Waals surface area contributed by atoms with Gasteiger partial charge < -0.3 is 35.6 Å². The molecule has 1 aliphatic heterocycles. The Kier molecular flexibility index (Phi) is 9.11. The van der Waals surface area contributed by atoms with E-state index in [4.69, 9.17) is 10.5 Å². The molecule has 1 aliphatic rings. The first-order valence-electron chi connectivity index (χ1n) is 14.5. The van der Waals surface area contributed by atoms with Crippen LogP contribution < -0.4 is 15.8 Å². The van der Waals surface area contributed by atoms with Gasteiger partial charge >= 0.3 is 0 Å². The van der Waals surface area contributed by atoms with Crippen molar-refractivity contribution < 1.29 is 19.7 Å². The van der Waals surface area contributed by atoms with Crippen molar-refractivity contribution in [1.82, 2.24) is 14.9 Å². The van der Waals surface area contributed by atoms with Gasteiger partial charge in [-0.3, -0.25) is 4.79 Å². The lowest BCUT2D eigenvalue weighted by molar-refractivity contribution is -0.121. The van der Waals surface area contributed by atoms with E-state index in [1.165, 1.54) is 11.1 Å². The number of hydrogen-bond donors (Lipinski definition) is 5. The molecule has 0 saturated heterocycles. The first-order chi connectivity index (χ1) is 19.9. The first-order valence-corrected chi connectivity index (χ1v) is 14.5. The van der Waals surface area contributed by atoms with Crippen LogP contribution in [0.5, 0.6) is 11.5 Å². The first kappa shape index (κ1) is 28.5. The summed E-state index contributed by atoms with van der Waals surface area (Å²) in [7, 11) is 0. The van der Waals surface area contributed by atoms with Crippen molar-refractivity contribution in [3.8, 4) is 11.5 Å². The molecule has 0 unspecified atom stereocenters. The number of rotatable bonds is 14. The van der Waals surface area contributed by atoms with Crippen LogP contribution in [0.2, 0.25) is 0 Å². The predicted molar refractivity (Wildman–Crippen MR) is 161 cm³/mol. The Balaban J connectivity index is 1.19. The van der Waals surface area contributed by atoms with E-state index in [9.17, 15) is 15.0 Å². The Labute approximate surface area is 240 Å². The maximum Gasteiger partial charge on any atom is 0.165 e. The maximum atomic E-state index is 12.4. The molecule has 8 nitrogen and oxygen atoms in total. The second-order valence-electron chi connectivity index (χ2n) is 11.0. The Bertz CT molecular complexity index is 1520. The lowest BCUT2D eigenvalue weighted by atomic mass is 9.93. The molecule has 2 aromatic heterocycles. The third kappa shape index (κ3) is 7.01. The molecule has 0 radical (unpaired) electrons. The van der Waals surface area contributed by atoms with E-state index in [0.29, 0.717) is 25.0 Å². The quantitative estimate of drug-likeness (QED) is 0.128. The topological polar surface area (TPSA) is 126 Å². The molecule has 0 bridgehead atoms. The van der Waals surface area contributed by atoms with Crippen LogP contribution in [0.1, 0.15) is 79.4 Å². The molecule has 2 atom stereocenters. The molecule has 0 saturated carbocycles. The number of phenolic OH excluding ortho intramolecular Hbond substituents is 1. The normalized spacial score (nSPS) is 15.0. The average molecular weight is 557 g/mol. The number of H-pyrrole nitrogens is 1. The number of ketones is 1. The SMILES string of the molecule is CCCCC[C@@H](O)CC(=O)CCc1ccc(O)c(OCn2cc3[nH]cc(Cc4cccc5c4C=CN[C@H]5N)c3c2)c1. The van der Waals surface area contributed by atoms with Gasteiger partial charge in [-0.1, -0.05) is 50.5 Å². The molecule has 41 heavy (non-hydrogen) atoms. The van der Waals surface area contributed by atoms with E-state index in [1.807, 2.05) is 35.4 Å². The Morgan fingerprint density at radius 2 is 2.05 bits per heavy atom. The number of phenols is 1. The minimum Gasteiger partial charge on any atom is -0.504 e. The number of nitrogens with two attached hydrogens (primary N) is 1. The van der Waals surface area contributed by atoms with E-state index in [2.05, 4.69) is 35.4 Å². The van der Waals surface area contributed by atoms with Gasteiger partial charge in [0.2, 0.25) is 0 Å². The Hall–Kier alpha value is -4.01. The molecular formula is C33H40N4O4. The van der Waals surface area contributed by atoms with Crippen molar-refractivity contribution in [2.75, 3.05) is 0 Å². The molecule has 6 N–H and O–H groups in total. The van der Waals surface area contributed by atoms with Crippen LogP contribution in [0.3, 0.4) is 0 Å². The monoisotopic (exact) mass is 556 g/mol. The number of nitrogens with zero attached hydrogens (tertiary/aromatic N) is 1. The number of fused-ring (bicyclic) bond motifs is 2. The smallest absolute Gasteiger partial charge is 0.165 e. The molecule has 8 heteroatoms. The summed E-state index contributed by atoms with van der Waals surface area (Å²) in [5, 5.41) is 24.7. The fourth-order valence-corrected chi connectivity index (χ4v) is 5.49. The van der Waals surface area contributed by atoms with Crippen molar-refractivity contribution in [2.45, 2.75) is 77.3 Å². The number of aryl methyl sites for hydroxylation is 1. The number of aromatic nitrogens is 2. The summed E-state index contributed by atoms with van der Waals surface area (Å²) >= 11 is 0. The van der Waals surface area contributed by atoms with Crippen LogP contribution >= 0.6 is 0 Å². The summed E-state index contributed by atoms with van der Waals surface area (Å²) < 4.78 is 7.92. The highest BCUT2D eigenvalue weighted by molar-refractivity contribution is 5.83. The van der Waals surface area contributed by atoms with Crippen LogP contribution in [0.15, 0.2) is 61.2 Å². The van der Waals surface area contributed by atoms with Crippen LogP contribution in [-0.4, -0.2) is 31.7 Å². The number of ether oxygens (including phenoxy) is 1. The van der Waals surface area contributed by atoms with Gasteiger partial charge in [-0.25, -0.2) is 0 Å². The molecule has 5 rings (SSSR count). The van der Waals surface area contributed by atoms with E-state index >= 15 is 0 Å². The third-order valence-corrected chi connectivity index (χ3v) is 7.79. The Morgan fingerprint density at radius 1 is 1.17 bits per heavy atom. The van der Waals surface area contributed by atoms with Crippen molar-refractivity contribution in [1.29, 1.82) is 0 Å². The largest absolute Gasteiger partial charge is 0.504 e. The van der Waals surface area contributed by atoms with Crippen LogP contribution in [0.25, 0.3) is 17.0 Å². The van der Waals surface area contributed by atoms with Gasteiger partial charge in [-0.15, -0.1) is 0 Å². The molecule has 216 valence electrons. The van der Waals surface area contributed by atoms with Gasteiger partial charge in [-0.05, 0) is 65.1 Å². The van der Waals surface area contributed by atoms with Crippen molar-refractivity contribution in [3.05, 3.63) is 89.0 Å². The zero-order valence-electron chi connectivity index (χ0n) is 23.6. The number of nitrogens with one attached hydrogen (secondary N) is 2. The van der Waals surface area contributed by atoms with E-state index in [1.54, 1.807) is 18.2 Å². The van der Waals surface area contributed by atoms with Crippen LogP contribution in [0.4, 0.5) is 0 Å². The minimum atomic E-state index is -0.564. The van der Waals surface area contributed by atoms with Crippen molar-refractivity contribution in [3.63, 3.8) is 0 Å². The molecule has 0 aliphatic carbocycles. The number of Topliss-reactive ketones (excluding diaryl/α,β-unsaturated/α-hetero) is 1. The number of carbonyl (C=O) groups is 1. The summed E-state index contributed by atoms with van der Waals surface area (Å²) in [5.74, 6) is 0.480.